The molecule has 1 aromatic carbocycles. The molecule has 1 rings (SSSR count). The highest BCUT2D eigenvalue weighted by molar-refractivity contribution is 6.18. The lowest BCUT2D eigenvalue weighted by molar-refractivity contribution is 0.0878. The molecule has 0 spiro atoms. The lowest BCUT2D eigenvalue weighted by Crippen LogP contribution is -2.30. The monoisotopic (exact) mass is 247 g/mol. The van der Waals surface area contributed by atoms with Crippen molar-refractivity contribution in [3.05, 3.63) is 35.4 Å². The van der Waals surface area contributed by atoms with E-state index in [0.29, 0.717) is 19.0 Å². The first-order chi connectivity index (χ1) is 7.61. The number of halogens is 3. The zero-order chi connectivity index (χ0) is 12.0. The van der Waals surface area contributed by atoms with E-state index < -0.39 is 6.43 Å². The van der Waals surface area contributed by atoms with Gasteiger partial charge in [0.1, 0.15) is 0 Å². The molecule has 16 heavy (non-hydrogen) atoms. The molecule has 1 aromatic rings. The van der Waals surface area contributed by atoms with Gasteiger partial charge in [-0.3, -0.25) is 4.90 Å². The van der Waals surface area contributed by atoms with Crippen LogP contribution >= 0.6 is 11.6 Å². The lowest BCUT2D eigenvalue weighted by atomic mass is 10.1. The molecular weight excluding hydrogens is 232 g/mol. The molecule has 0 aliphatic carbocycles. The number of aryl methyl sites for hydroxylation is 1. The van der Waals surface area contributed by atoms with Crippen molar-refractivity contribution >= 4 is 11.6 Å². The van der Waals surface area contributed by atoms with Crippen molar-refractivity contribution in [1.29, 1.82) is 0 Å². The number of hydrogen-bond donors (Lipinski definition) is 0. The molecule has 0 bridgehead atoms. The largest absolute Gasteiger partial charge is 0.292 e. The SMILES string of the molecule is Cc1ccc(CN(CCCl)CC(F)F)cc1. The number of rotatable bonds is 6. The quantitative estimate of drug-likeness (QED) is 0.698. The van der Waals surface area contributed by atoms with Crippen molar-refractivity contribution in [3.63, 3.8) is 0 Å². The third kappa shape index (κ3) is 4.90. The number of hydrogen-bond acceptors (Lipinski definition) is 1. The molecule has 0 heterocycles. The van der Waals surface area contributed by atoms with Crippen LogP contribution in [0.5, 0.6) is 0 Å². The first-order valence-corrected chi connectivity index (χ1v) is 5.77. The van der Waals surface area contributed by atoms with Crippen molar-refractivity contribution in [2.24, 2.45) is 0 Å². The van der Waals surface area contributed by atoms with E-state index in [9.17, 15) is 8.78 Å². The second-order valence-electron chi connectivity index (χ2n) is 3.80. The predicted molar refractivity (Wildman–Crippen MR) is 63.2 cm³/mol. The topological polar surface area (TPSA) is 3.24 Å². The molecule has 0 fully saturated rings. The standard InChI is InChI=1S/C12H16ClF2N/c1-10-2-4-11(5-3-10)8-16(7-6-13)9-12(14)15/h2-5,12H,6-9H2,1H3. The minimum absolute atomic E-state index is 0.222. The van der Waals surface area contributed by atoms with Crippen LogP contribution in [0.2, 0.25) is 0 Å². The van der Waals surface area contributed by atoms with Gasteiger partial charge < -0.3 is 0 Å². The van der Waals surface area contributed by atoms with Crippen molar-refractivity contribution in [1.82, 2.24) is 4.90 Å². The summed E-state index contributed by atoms with van der Waals surface area (Å²) in [7, 11) is 0. The molecule has 0 aliphatic heterocycles. The number of alkyl halides is 3. The Morgan fingerprint density at radius 2 is 1.88 bits per heavy atom. The van der Waals surface area contributed by atoms with Crippen LogP contribution in [-0.2, 0) is 6.54 Å². The van der Waals surface area contributed by atoms with Gasteiger partial charge in [-0.15, -0.1) is 11.6 Å². The summed E-state index contributed by atoms with van der Waals surface area (Å²) in [4.78, 5) is 1.67. The van der Waals surface area contributed by atoms with E-state index in [2.05, 4.69) is 0 Å². The second-order valence-corrected chi connectivity index (χ2v) is 4.18. The smallest absolute Gasteiger partial charge is 0.251 e. The Bertz CT molecular complexity index is 300. The Hall–Kier alpha value is -0.670. The average molecular weight is 248 g/mol. The fourth-order valence-electron chi connectivity index (χ4n) is 1.50. The van der Waals surface area contributed by atoms with E-state index in [0.717, 1.165) is 5.56 Å². The van der Waals surface area contributed by atoms with E-state index in [1.807, 2.05) is 31.2 Å². The predicted octanol–water partition coefficient (Wildman–Crippen LogP) is 3.30. The summed E-state index contributed by atoms with van der Waals surface area (Å²) < 4.78 is 24.6. The Balaban J connectivity index is 2.56. The Morgan fingerprint density at radius 1 is 1.25 bits per heavy atom. The molecule has 0 atom stereocenters. The summed E-state index contributed by atoms with van der Waals surface area (Å²) in [6.45, 7) is 2.79. The van der Waals surface area contributed by atoms with Crippen molar-refractivity contribution in [3.8, 4) is 0 Å². The van der Waals surface area contributed by atoms with Crippen LogP contribution < -0.4 is 0 Å². The van der Waals surface area contributed by atoms with Crippen LogP contribution in [0.4, 0.5) is 8.78 Å². The zero-order valence-corrected chi connectivity index (χ0v) is 10.1. The van der Waals surface area contributed by atoms with Gasteiger partial charge in [-0.25, -0.2) is 8.78 Å². The number of nitrogens with zero attached hydrogens (tertiary/aromatic N) is 1. The summed E-state index contributed by atoms with van der Waals surface area (Å²) in [5, 5.41) is 0. The van der Waals surface area contributed by atoms with E-state index in [1.54, 1.807) is 4.90 Å². The highest BCUT2D eigenvalue weighted by atomic mass is 35.5. The van der Waals surface area contributed by atoms with Crippen molar-refractivity contribution < 1.29 is 8.78 Å². The summed E-state index contributed by atoms with van der Waals surface area (Å²) in [6, 6.07) is 7.89. The van der Waals surface area contributed by atoms with Crippen LogP contribution in [0, 0.1) is 6.92 Å². The lowest BCUT2D eigenvalue weighted by Gasteiger charge is -2.20. The summed E-state index contributed by atoms with van der Waals surface area (Å²) in [6.07, 6.45) is -2.31. The van der Waals surface area contributed by atoms with Crippen LogP contribution in [0.3, 0.4) is 0 Å². The van der Waals surface area contributed by atoms with Crippen LogP contribution in [-0.4, -0.2) is 30.3 Å². The zero-order valence-electron chi connectivity index (χ0n) is 9.30. The van der Waals surface area contributed by atoms with Gasteiger partial charge in [0.2, 0.25) is 0 Å². The van der Waals surface area contributed by atoms with Gasteiger partial charge in [-0.2, -0.15) is 0 Å². The van der Waals surface area contributed by atoms with Crippen LogP contribution in [0.25, 0.3) is 0 Å². The van der Waals surface area contributed by atoms with Crippen LogP contribution in [0.1, 0.15) is 11.1 Å². The molecule has 0 saturated carbocycles. The maximum absolute atomic E-state index is 12.3. The highest BCUT2D eigenvalue weighted by Gasteiger charge is 2.11. The molecule has 4 heteroatoms. The van der Waals surface area contributed by atoms with Crippen molar-refractivity contribution in [2.45, 2.75) is 19.9 Å². The minimum atomic E-state index is -2.31. The number of benzene rings is 1. The van der Waals surface area contributed by atoms with Gasteiger partial charge in [-0.1, -0.05) is 29.8 Å². The van der Waals surface area contributed by atoms with Gasteiger partial charge in [0.25, 0.3) is 6.43 Å². The normalized spacial score (nSPS) is 11.4. The fraction of sp³-hybridized carbons (Fsp3) is 0.500. The molecule has 0 amide bonds. The van der Waals surface area contributed by atoms with Gasteiger partial charge in [0, 0.05) is 19.0 Å². The molecule has 0 aromatic heterocycles. The third-order valence-electron chi connectivity index (χ3n) is 2.32. The summed E-state index contributed by atoms with van der Waals surface area (Å²) >= 11 is 5.58. The third-order valence-corrected chi connectivity index (χ3v) is 2.49. The molecular formula is C12H16ClF2N. The average Bonchev–Trinajstić information content (AvgIpc) is 2.21. The van der Waals surface area contributed by atoms with Crippen LogP contribution in [0.15, 0.2) is 24.3 Å². The maximum Gasteiger partial charge on any atom is 0.251 e. The van der Waals surface area contributed by atoms with Gasteiger partial charge in [-0.05, 0) is 12.5 Å². The van der Waals surface area contributed by atoms with Gasteiger partial charge >= 0.3 is 0 Å². The summed E-state index contributed by atoms with van der Waals surface area (Å²) in [5.41, 5.74) is 2.21. The highest BCUT2D eigenvalue weighted by Crippen LogP contribution is 2.08. The molecule has 90 valence electrons. The molecule has 1 nitrogen and oxygen atoms in total. The van der Waals surface area contributed by atoms with E-state index >= 15 is 0 Å². The van der Waals surface area contributed by atoms with E-state index in [-0.39, 0.29) is 6.54 Å². The molecule has 0 N–H and O–H groups in total. The van der Waals surface area contributed by atoms with E-state index in [4.69, 9.17) is 11.6 Å². The first-order valence-electron chi connectivity index (χ1n) is 5.24. The van der Waals surface area contributed by atoms with E-state index in [1.165, 1.54) is 5.56 Å². The van der Waals surface area contributed by atoms with Crippen molar-refractivity contribution in [2.75, 3.05) is 19.0 Å². The maximum atomic E-state index is 12.3. The minimum Gasteiger partial charge on any atom is -0.292 e. The fourth-order valence-corrected chi connectivity index (χ4v) is 1.74. The Labute approximate surface area is 100 Å². The molecule has 0 radical (unpaired) electrons. The van der Waals surface area contributed by atoms with Gasteiger partial charge in [0.05, 0.1) is 6.54 Å². The Morgan fingerprint density at radius 3 is 2.38 bits per heavy atom. The molecule has 0 aliphatic rings. The molecule has 0 saturated heterocycles. The van der Waals surface area contributed by atoms with Gasteiger partial charge in [0.15, 0.2) is 0 Å². The second kappa shape index (κ2) is 6.81. The summed E-state index contributed by atoms with van der Waals surface area (Å²) in [5.74, 6) is 0.374. The molecule has 0 unspecified atom stereocenters. The Kier molecular flexibility index (Phi) is 5.71. The first kappa shape index (κ1) is 13.4.